The molecule has 1 rings (SSSR count). The third-order valence-corrected chi connectivity index (χ3v) is 3.30. The van der Waals surface area contributed by atoms with E-state index in [4.69, 9.17) is 26.2 Å². The largest absolute Gasteiger partial charge is 0.481 e. The minimum atomic E-state index is -0.736. The first-order valence-corrected chi connectivity index (χ1v) is 7.30. The Bertz CT molecular complexity index is 229. The lowest BCUT2D eigenvalue weighted by atomic mass is 10.1. The molecule has 0 aromatic heterocycles. The lowest BCUT2D eigenvalue weighted by Crippen LogP contribution is -2.28. The predicted octanol–water partition coefficient (Wildman–Crippen LogP) is 3.17. The fraction of sp³-hybridized carbons (Fsp3) is 0.923. The highest BCUT2D eigenvalue weighted by Gasteiger charge is 2.19. The van der Waals surface area contributed by atoms with Gasteiger partial charge in [-0.15, -0.1) is 11.6 Å². The molecule has 0 radical (unpaired) electrons. The maximum absolute atomic E-state index is 10.4. The van der Waals surface area contributed by atoms with Gasteiger partial charge in [0, 0.05) is 18.9 Å². The first-order valence-electron chi connectivity index (χ1n) is 6.77. The highest BCUT2D eigenvalue weighted by molar-refractivity contribution is 6.17. The number of alkyl halides is 1. The van der Waals surface area contributed by atoms with Crippen molar-refractivity contribution in [3.05, 3.63) is 0 Å². The molecule has 1 aliphatic heterocycles. The number of aliphatic carboxylic acids is 1. The molecule has 5 heteroatoms. The van der Waals surface area contributed by atoms with Gasteiger partial charge in [0.1, 0.15) is 0 Å². The summed E-state index contributed by atoms with van der Waals surface area (Å²) in [6.07, 6.45) is 6.67. The zero-order valence-electron chi connectivity index (χ0n) is 10.8. The van der Waals surface area contributed by atoms with E-state index in [0.717, 1.165) is 45.1 Å². The Morgan fingerprint density at radius 3 is 2.83 bits per heavy atom. The van der Waals surface area contributed by atoms with Crippen molar-refractivity contribution in [1.29, 1.82) is 0 Å². The van der Waals surface area contributed by atoms with Crippen LogP contribution in [0.2, 0.25) is 0 Å². The average molecular weight is 279 g/mol. The van der Waals surface area contributed by atoms with Crippen molar-refractivity contribution in [3.63, 3.8) is 0 Å². The van der Waals surface area contributed by atoms with Crippen LogP contribution in [0.1, 0.15) is 51.4 Å². The first-order chi connectivity index (χ1) is 8.72. The number of carbonyl (C=O) groups is 1. The van der Waals surface area contributed by atoms with Crippen LogP contribution in [0.5, 0.6) is 0 Å². The molecule has 0 bridgehead atoms. The minimum absolute atomic E-state index is 0.0913. The molecule has 0 aliphatic carbocycles. The van der Waals surface area contributed by atoms with Crippen LogP contribution in [0, 0.1) is 0 Å². The Balaban J connectivity index is 2.18. The Hall–Kier alpha value is -0.320. The van der Waals surface area contributed by atoms with Crippen molar-refractivity contribution >= 4 is 17.6 Å². The van der Waals surface area contributed by atoms with Gasteiger partial charge in [0.15, 0.2) is 6.29 Å². The molecule has 0 unspecified atom stereocenters. The summed E-state index contributed by atoms with van der Waals surface area (Å²) in [4.78, 5) is 10.4. The van der Waals surface area contributed by atoms with Crippen molar-refractivity contribution in [2.24, 2.45) is 0 Å². The molecule has 0 aromatic rings. The van der Waals surface area contributed by atoms with Crippen LogP contribution in [0.4, 0.5) is 0 Å². The van der Waals surface area contributed by atoms with Crippen molar-refractivity contribution in [2.75, 3.05) is 12.5 Å². The number of rotatable bonds is 9. The highest BCUT2D eigenvalue weighted by Crippen LogP contribution is 2.19. The molecule has 1 fully saturated rings. The van der Waals surface area contributed by atoms with Crippen molar-refractivity contribution in [2.45, 2.75) is 63.8 Å². The number of hydrogen-bond acceptors (Lipinski definition) is 3. The smallest absolute Gasteiger partial charge is 0.303 e. The van der Waals surface area contributed by atoms with Gasteiger partial charge in [0.05, 0.1) is 6.10 Å². The summed E-state index contributed by atoms with van der Waals surface area (Å²) in [6.45, 7) is 0.775. The fourth-order valence-electron chi connectivity index (χ4n) is 2.08. The van der Waals surface area contributed by atoms with Gasteiger partial charge < -0.3 is 14.6 Å². The van der Waals surface area contributed by atoms with Crippen LogP contribution in [0.25, 0.3) is 0 Å². The molecule has 18 heavy (non-hydrogen) atoms. The van der Waals surface area contributed by atoms with Crippen LogP contribution in [-0.2, 0) is 14.3 Å². The molecule has 0 saturated carbocycles. The van der Waals surface area contributed by atoms with E-state index in [2.05, 4.69) is 0 Å². The third-order valence-electron chi connectivity index (χ3n) is 3.08. The molecule has 1 aliphatic rings. The summed E-state index contributed by atoms with van der Waals surface area (Å²) in [6, 6.07) is 0. The van der Waals surface area contributed by atoms with Crippen LogP contribution in [0.3, 0.4) is 0 Å². The standard InChI is InChI=1S/C13H23ClO4/c14-9-8-11(5-1-2-6-12(15)16)18-13-7-3-4-10-17-13/h11,13H,1-10H2,(H,15,16)/t11-,13+/m1/s1. The molecule has 0 amide bonds. The SMILES string of the molecule is O=C(O)CCCC[C@H](CCCl)O[C@H]1CCCCO1. The van der Waals surface area contributed by atoms with Crippen LogP contribution in [-0.4, -0.2) is 36.0 Å². The maximum atomic E-state index is 10.4. The molecule has 0 spiro atoms. The van der Waals surface area contributed by atoms with Gasteiger partial charge in [-0.05, 0) is 38.5 Å². The van der Waals surface area contributed by atoms with Gasteiger partial charge in [0.25, 0.3) is 0 Å². The van der Waals surface area contributed by atoms with E-state index in [1.807, 2.05) is 0 Å². The van der Waals surface area contributed by atoms with E-state index in [1.54, 1.807) is 0 Å². The second-order valence-electron chi connectivity index (χ2n) is 4.67. The zero-order valence-corrected chi connectivity index (χ0v) is 11.5. The van der Waals surface area contributed by atoms with E-state index in [-0.39, 0.29) is 18.8 Å². The molecule has 106 valence electrons. The summed E-state index contributed by atoms with van der Waals surface area (Å²) >= 11 is 5.76. The summed E-state index contributed by atoms with van der Waals surface area (Å²) in [5.41, 5.74) is 0. The first kappa shape index (κ1) is 15.7. The van der Waals surface area contributed by atoms with Gasteiger partial charge in [-0.2, -0.15) is 0 Å². The monoisotopic (exact) mass is 278 g/mol. The van der Waals surface area contributed by atoms with Crippen molar-refractivity contribution in [1.82, 2.24) is 0 Å². The molecule has 4 nitrogen and oxygen atoms in total. The van der Waals surface area contributed by atoms with E-state index >= 15 is 0 Å². The molecule has 2 atom stereocenters. The van der Waals surface area contributed by atoms with Crippen molar-refractivity contribution < 1.29 is 19.4 Å². The lowest BCUT2D eigenvalue weighted by molar-refractivity contribution is -0.189. The van der Waals surface area contributed by atoms with E-state index < -0.39 is 5.97 Å². The highest BCUT2D eigenvalue weighted by atomic mass is 35.5. The number of halogens is 1. The van der Waals surface area contributed by atoms with Crippen LogP contribution >= 0.6 is 11.6 Å². The number of carboxylic acids is 1. The lowest BCUT2D eigenvalue weighted by Gasteiger charge is -2.27. The normalized spacial score (nSPS) is 21.7. The number of unbranched alkanes of at least 4 members (excludes halogenated alkanes) is 1. The Labute approximate surface area is 114 Å². The van der Waals surface area contributed by atoms with E-state index in [0.29, 0.717) is 12.3 Å². The van der Waals surface area contributed by atoms with Gasteiger partial charge in [-0.25, -0.2) is 0 Å². The number of carboxylic acid groups (broad SMARTS) is 1. The molecule has 0 aromatic carbocycles. The van der Waals surface area contributed by atoms with Gasteiger partial charge in [0.2, 0.25) is 0 Å². The Morgan fingerprint density at radius 2 is 2.22 bits per heavy atom. The van der Waals surface area contributed by atoms with Crippen molar-refractivity contribution in [3.8, 4) is 0 Å². The van der Waals surface area contributed by atoms with E-state index in [1.165, 1.54) is 0 Å². The topological polar surface area (TPSA) is 55.8 Å². The predicted molar refractivity (Wildman–Crippen MR) is 69.9 cm³/mol. The molecular weight excluding hydrogens is 256 g/mol. The summed E-state index contributed by atoms with van der Waals surface area (Å²) in [7, 11) is 0. The van der Waals surface area contributed by atoms with Gasteiger partial charge in [-0.1, -0.05) is 6.42 Å². The van der Waals surface area contributed by atoms with Crippen LogP contribution in [0.15, 0.2) is 0 Å². The average Bonchev–Trinajstić information content (AvgIpc) is 2.36. The quantitative estimate of drug-likeness (QED) is 0.520. The summed E-state index contributed by atoms with van der Waals surface area (Å²) in [5, 5.41) is 8.57. The molecule has 1 N–H and O–H groups in total. The molecule has 1 saturated heterocycles. The maximum Gasteiger partial charge on any atom is 0.303 e. The summed E-state index contributed by atoms with van der Waals surface area (Å²) < 4.78 is 11.4. The Kier molecular flexibility index (Phi) is 8.38. The van der Waals surface area contributed by atoms with Crippen LogP contribution < -0.4 is 0 Å². The number of hydrogen-bond donors (Lipinski definition) is 1. The molecular formula is C13H23ClO4. The minimum Gasteiger partial charge on any atom is -0.481 e. The fourth-order valence-corrected chi connectivity index (χ4v) is 2.33. The molecule has 1 heterocycles. The second-order valence-corrected chi connectivity index (χ2v) is 5.05. The zero-order chi connectivity index (χ0) is 13.2. The third kappa shape index (κ3) is 7.19. The van der Waals surface area contributed by atoms with Gasteiger partial charge in [-0.3, -0.25) is 4.79 Å². The Morgan fingerprint density at radius 1 is 1.39 bits per heavy atom. The summed E-state index contributed by atoms with van der Waals surface area (Å²) in [5.74, 6) is -0.170. The van der Waals surface area contributed by atoms with Gasteiger partial charge >= 0.3 is 5.97 Å². The number of ether oxygens (including phenoxy) is 2. The van der Waals surface area contributed by atoms with E-state index in [9.17, 15) is 4.79 Å². The second kappa shape index (κ2) is 9.59.